The van der Waals surface area contributed by atoms with Gasteiger partial charge in [-0.15, -0.1) is 0 Å². The zero-order valence-electron chi connectivity index (χ0n) is 12.1. The van der Waals surface area contributed by atoms with Crippen LogP contribution in [0.3, 0.4) is 0 Å². The second-order valence-electron chi connectivity index (χ2n) is 5.04. The molecule has 1 aromatic heterocycles. The van der Waals surface area contributed by atoms with Crippen LogP contribution >= 0.6 is 11.6 Å². The van der Waals surface area contributed by atoms with Crippen molar-refractivity contribution < 1.29 is 4.74 Å². The summed E-state index contributed by atoms with van der Waals surface area (Å²) in [5.41, 5.74) is 4.05. The summed E-state index contributed by atoms with van der Waals surface area (Å²) in [4.78, 5) is 9.08. The largest absolute Gasteiger partial charge is 0.497 e. The highest BCUT2D eigenvalue weighted by atomic mass is 35.5. The van der Waals surface area contributed by atoms with Gasteiger partial charge in [-0.1, -0.05) is 17.7 Å². The average molecular weight is 299 g/mol. The number of methoxy groups -OCH3 is 1. The Hall–Kier alpha value is -2.13. The highest BCUT2D eigenvalue weighted by Gasteiger charge is 2.10. The van der Waals surface area contributed by atoms with Crippen LogP contribution in [0.5, 0.6) is 5.75 Å². The predicted octanol–water partition coefficient (Wildman–Crippen LogP) is 4.58. The second kappa shape index (κ2) is 5.34. The molecule has 0 unspecified atom stereocenters. The highest BCUT2D eigenvalue weighted by Crippen LogP contribution is 2.28. The van der Waals surface area contributed by atoms with Crippen LogP contribution in [0.25, 0.3) is 22.3 Å². The molecule has 2 aromatic carbocycles. The molecule has 4 heteroatoms. The lowest BCUT2D eigenvalue weighted by atomic mass is 10.1. The minimum absolute atomic E-state index is 0.489. The summed E-state index contributed by atoms with van der Waals surface area (Å²) >= 11 is 6.35. The van der Waals surface area contributed by atoms with Gasteiger partial charge < -0.3 is 4.74 Å². The van der Waals surface area contributed by atoms with E-state index in [0.717, 1.165) is 33.3 Å². The molecule has 106 valence electrons. The number of fused-ring (bicyclic) bond motifs is 1. The third kappa shape index (κ3) is 2.57. The fourth-order valence-electron chi connectivity index (χ4n) is 2.46. The van der Waals surface area contributed by atoms with Crippen molar-refractivity contribution in [1.82, 2.24) is 9.97 Å². The summed E-state index contributed by atoms with van der Waals surface area (Å²) in [6.07, 6.45) is 0. The van der Waals surface area contributed by atoms with Crippen molar-refractivity contribution in [3.05, 3.63) is 52.7 Å². The van der Waals surface area contributed by atoms with Crippen molar-refractivity contribution in [3.8, 4) is 17.1 Å². The molecule has 0 spiro atoms. The van der Waals surface area contributed by atoms with Gasteiger partial charge in [0.05, 0.1) is 12.6 Å². The van der Waals surface area contributed by atoms with Gasteiger partial charge in [-0.05, 0) is 55.3 Å². The average Bonchev–Trinajstić information content (AvgIpc) is 2.46. The maximum absolute atomic E-state index is 6.35. The molecule has 0 amide bonds. The molecule has 3 rings (SSSR count). The van der Waals surface area contributed by atoms with Gasteiger partial charge >= 0.3 is 0 Å². The predicted molar refractivity (Wildman–Crippen MR) is 86.0 cm³/mol. The Morgan fingerprint density at radius 3 is 2.38 bits per heavy atom. The van der Waals surface area contributed by atoms with Gasteiger partial charge in [0.2, 0.25) is 0 Å². The monoisotopic (exact) mass is 298 g/mol. The molecule has 0 N–H and O–H groups in total. The van der Waals surface area contributed by atoms with Crippen LogP contribution in [0.1, 0.15) is 11.1 Å². The Morgan fingerprint density at radius 1 is 1.00 bits per heavy atom. The summed E-state index contributed by atoms with van der Waals surface area (Å²) < 4.78 is 5.16. The Balaban J connectivity index is 2.19. The van der Waals surface area contributed by atoms with Crippen molar-refractivity contribution >= 4 is 22.5 Å². The summed E-state index contributed by atoms with van der Waals surface area (Å²) in [7, 11) is 1.64. The standard InChI is InChI=1S/C17H15ClN2O/c1-10-8-11(2)15-14(9-10)19-17(20-16(15)18)12-4-6-13(21-3)7-5-12/h4-9H,1-3H3. The van der Waals surface area contributed by atoms with Crippen molar-refractivity contribution in [2.45, 2.75) is 13.8 Å². The van der Waals surface area contributed by atoms with E-state index in [1.807, 2.05) is 37.3 Å². The Labute approximate surface area is 128 Å². The Morgan fingerprint density at radius 2 is 1.71 bits per heavy atom. The lowest BCUT2D eigenvalue weighted by Gasteiger charge is -2.08. The van der Waals surface area contributed by atoms with Gasteiger partial charge in [0.15, 0.2) is 5.82 Å². The quantitative estimate of drug-likeness (QED) is 0.650. The molecule has 0 saturated carbocycles. The lowest BCUT2D eigenvalue weighted by Crippen LogP contribution is -1.94. The van der Waals surface area contributed by atoms with E-state index in [2.05, 4.69) is 23.0 Å². The molecule has 0 radical (unpaired) electrons. The molecule has 21 heavy (non-hydrogen) atoms. The molecule has 0 atom stereocenters. The summed E-state index contributed by atoms with van der Waals surface area (Å²) in [6.45, 7) is 4.08. The molecule has 0 aliphatic carbocycles. The number of aryl methyl sites for hydroxylation is 2. The first-order valence-corrected chi connectivity index (χ1v) is 7.05. The van der Waals surface area contributed by atoms with Crippen LogP contribution in [-0.2, 0) is 0 Å². The van der Waals surface area contributed by atoms with E-state index in [4.69, 9.17) is 16.3 Å². The van der Waals surface area contributed by atoms with Gasteiger partial charge in [0, 0.05) is 10.9 Å². The number of hydrogen-bond acceptors (Lipinski definition) is 3. The van der Waals surface area contributed by atoms with E-state index in [1.165, 1.54) is 0 Å². The van der Waals surface area contributed by atoms with Crippen LogP contribution in [-0.4, -0.2) is 17.1 Å². The van der Waals surface area contributed by atoms with Gasteiger partial charge in [0.25, 0.3) is 0 Å². The Kier molecular flexibility index (Phi) is 3.52. The molecule has 0 saturated heterocycles. The zero-order chi connectivity index (χ0) is 15.0. The molecule has 0 fully saturated rings. The fraction of sp³-hybridized carbons (Fsp3) is 0.176. The van der Waals surface area contributed by atoms with Crippen LogP contribution in [0.15, 0.2) is 36.4 Å². The van der Waals surface area contributed by atoms with Crippen LogP contribution in [0, 0.1) is 13.8 Å². The van der Waals surface area contributed by atoms with E-state index < -0.39 is 0 Å². The highest BCUT2D eigenvalue weighted by molar-refractivity contribution is 6.34. The molecule has 1 heterocycles. The number of hydrogen-bond donors (Lipinski definition) is 0. The molecule has 3 nitrogen and oxygen atoms in total. The first-order chi connectivity index (χ1) is 10.1. The van der Waals surface area contributed by atoms with Gasteiger partial charge in [-0.3, -0.25) is 0 Å². The lowest BCUT2D eigenvalue weighted by molar-refractivity contribution is 0.415. The van der Waals surface area contributed by atoms with E-state index in [9.17, 15) is 0 Å². The van der Waals surface area contributed by atoms with Crippen molar-refractivity contribution in [2.24, 2.45) is 0 Å². The zero-order valence-corrected chi connectivity index (χ0v) is 12.9. The van der Waals surface area contributed by atoms with E-state index in [0.29, 0.717) is 11.0 Å². The summed E-state index contributed by atoms with van der Waals surface area (Å²) in [5.74, 6) is 1.43. The van der Waals surface area contributed by atoms with Crippen LogP contribution in [0.4, 0.5) is 0 Å². The van der Waals surface area contributed by atoms with Crippen LogP contribution in [0.2, 0.25) is 5.15 Å². The summed E-state index contributed by atoms with van der Waals surface area (Å²) in [6, 6.07) is 11.8. The Bertz CT molecular complexity index is 813. The smallest absolute Gasteiger partial charge is 0.161 e. The fourth-order valence-corrected chi connectivity index (χ4v) is 2.78. The number of aromatic nitrogens is 2. The van der Waals surface area contributed by atoms with Crippen molar-refractivity contribution in [2.75, 3.05) is 7.11 Å². The SMILES string of the molecule is COc1ccc(-c2nc(Cl)c3c(C)cc(C)cc3n2)cc1. The molecular weight excluding hydrogens is 284 g/mol. The van der Waals surface area contributed by atoms with Gasteiger partial charge in [-0.2, -0.15) is 0 Å². The number of ether oxygens (including phenoxy) is 1. The van der Waals surface area contributed by atoms with Gasteiger partial charge in [-0.25, -0.2) is 9.97 Å². The van der Waals surface area contributed by atoms with Gasteiger partial charge in [0.1, 0.15) is 10.9 Å². The third-order valence-corrected chi connectivity index (χ3v) is 3.72. The first-order valence-electron chi connectivity index (χ1n) is 6.67. The summed E-state index contributed by atoms with van der Waals surface area (Å²) in [5, 5.41) is 1.41. The third-order valence-electron chi connectivity index (χ3n) is 3.44. The topological polar surface area (TPSA) is 35.0 Å². The maximum Gasteiger partial charge on any atom is 0.161 e. The number of halogens is 1. The number of nitrogens with zero attached hydrogens (tertiary/aromatic N) is 2. The maximum atomic E-state index is 6.35. The first kappa shape index (κ1) is 13.8. The van der Waals surface area contributed by atoms with Crippen molar-refractivity contribution in [1.29, 1.82) is 0 Å². The van der Waals surface area contributed by atoms with Crippen LogP contribution < -0.4 is 4.74 Å². The molecule has 3 aromatic rings. The van der Waals surface area contributed by atoms with E-state index in [-0.39, 0.29) is 0 Å². The molecule has 0 bridgehead atoms. The number of benzene rings is 2. The molecular formula is C17H15ClN2O. The van der Waals surface area contributed by atoms with Crippen molar-refractivity contribution in [3.63, 3.8) is 0 Å². The van der Waals surface area contributed by atoms with E-state index >= 15 is 0 Å². The number of rotatable bonds is 2. The molecule has 0 aliphatic heterocycles. The van der Waals surface area contributed by atoms with E-state index in [1.54, 1.807) is 7.11 Å². The second-order valence-corrected chi connectivity index (χ2v) is 5.40. The molecule has 0 aliphatic rings. The normalized spacial score (nSPS) is 10.9. The minimum Gasteiger partial charge on any atom is -0.497 e. The minimum atomic E-state index is 0.489.